The third-order valence-electron chi connectivity index (χ3n) is 5.12. The first kappa shape index (κ1) is 21.1. The molecular formula is C22H27ClN4O2. The summed E-state index contributed by atoms with van der Waals surface area (Å²) in [5.74, 6) is -0.271. The summed E-state index contributed by atoms with van der Waals surface area (Å²) in [6, 6.07) is 12.8. The maximum atomic E-state index is 12.8. The number of amides is 2. The standard InChI is InChI=1S/C22H27ClN4O2/c1-3-26-10-12-27(13-11-26)21-9-8-19(23)14-20(21)25-22(29)18-6-4-17(5-7-18)15-24-16(2)28/h4-9,14H,3,10-13,15H2,1-2H3,(H,24,28)(H,25,29). The second kappa shape index (κ2) is 9.76. The summed E-state index contributed by atoms with van der Waals surface area (Å²) in [6.45, 7) is 8.98. The van der Waals surface area contributed by atoms with Crippen LogP contribution in [-0.4, -0.2) is 49.4 Å². The van der Waals surface area contributed by atoms with E-state index < -0.39 is 0 Å². The molecule has 154 valence electrons. The SMILES string of the molecule is CCN1CCN(c2ccc(Cl)cc2NC(=O)c2ccc(CNC(C)=O)cc2)CC1. The maximum Gasteiger partial charge on any atom is 0.255 e. The number of carbonyl (C=O) groups is 2. The summed E-state index contributed by atoms with van der Waals surface area (Å²) in [6.07, 6.45) is 0. The van der Waals surface area contributed by atoms with Crippen LogP contribution in [0.1, 0.15) is 29.8 Å². The minimum Gasteiger partial charge on any atom is -0.367 e. The second-order valence-corrected chi connectivity index (χ2v) is 7.58. The third-order valence-corrected chi connectivity index (χ3v) is 5.36. The second-order valence-electron chi connectivity index (χ2n) is 7.14. The summed E-state index contributed by atoms with van der Waals surface area (Å²) in [4.78, 5) is 28.5. The monoisotopic (exact) mass is 414 g/mol. The summed E-state index contributed by atoms with van der Waals surface area (Å²) >= 11 is 6.20. The molecule has 6 nitrogen and oxygen atoms in total. The average molecular weight is 415 g/mol. The van der Waals surface area contributed by atoms with Crippen molar-refractivity contribution in [3.63, 3.8) is 0 Å². The number of hydrogen-bond acceptors (Lipinski definition) is 4. The molecule has 1 fully saturated rings. The first-order valence-corrected chi connectivity index (χ1v) is 10.3. The Hall–Kier alpha value is -2.57. The molecule has 1 saturated heterocycles. The van der Waals surface area contributed by atoms with Crippen molar-refractivity contribution in [3.05, 3.63) is 58.6 Å². The Morgan fingerprint density at radius 1 is 1.03 bits per heavy atom. The lowest BCUT2D eigenvalue weighted by Crippen LogP contribution is -2.46. The Bertz CT molecular complexity index is 862. The highest BCUT2D eigenvalue weighted by Gasteiger charge is 2.19. The van der Waals surface area contributed by atoms with E-state index >= 15 is 0 Å². The molecule has 0 unspecified atom stereocenters. The topological polar surface area (TPSA) is 64.7 Å². The van der Waals surface area contributed by atoms with Crippen LogP contribution in [0, 0.1) is 0 Å². The van der Waals surface area contributed by atoms with Gasteiger partial charge in [-0.25, -0.2) is 0 Å². The fourth-order valence-corrected chi connectivity index (χ4v) is 3.56. The number of likely N-dealkylation sites (N-methyl/N-ethyl adjacent to an activating group) is 1. The molecule has 1 aliphatic heterocycles. The molecule has 0 aromatic heterocycles. The van der Waals surface area contributed by atoms with Gasteiger partial charge >= 0.3 is 0 Å². The van der Waals surface area contributed by atoms with Crippen molar-refractivity contribution in [2.45, 2.75) is 20.4 Å². The molecule has 0 aliphatic carbocycles. The largest absolute Gasteiger partial charge is 0.367 e. The number of rotatable bonds is 6. The minimum atomic E-state index is -0.188. The third kappa shape index (κ3) is 5.71. The number of carbonyl (C=O) groups excluding carboxylic acids is 2. The molecule has 0 saturated carbocycles. The van der Waals surface area contributed by atoms with Gasteiger partial charge in [0.1, 0.15) is 0 Å². The van der Waals surface area contributed by atoms with E-state index in [1.165, 1.54) is 6.92 Å². The van der Waals surface area contributed by atoms with E-state index in [0.717, 1.165) is 49.7 Å². The molecule has 3 rings (SSSR count). The summed E-state index contributed by atoms with van der Waals surface area (Å²) in [5, 5.41) is 6.34. The molecule has 0 bridgehead atoms. The molecular weight excluding hydrogens is 388 g/mol. The van der Waals surface area contributed by atoms with Gasteiger partial charge in [-0.1, -0.05) is 30.7 Å². The van der Waals surface area contributed by atoms with Gasteiger partial charge in [0.25, 0.3) is 5.91 Å². The quantitative estimate of drug-likeness (QED) is 0.760. The van der Waals surface area contributed by atoms with Crippen LogP contribution < -0.4 is 15.5 Å². The Balaban J connectivity index is 1.71. The number of nitrogens with one attached hydrogen (secondary N) is 2. The van der Waals surface area contributed by atoms with Crippen LogP contribution in [0.2, 0.25) is 5.02 Å². The Kier molecular flexibility index (Phi) is 7.12. The summed E-state index contributed by atoms with van der Waals surface area (Å²) < 4.78 is 0. The Morgan fingerprint density at radius 3 is 2.34 bits per heavy atom. The normalized spacial score (nSPS) is 14.5. The van der Waals surface area contributed by atoms with E-state index in [4.69, 9.17) is 11.6 Å². The van der Waals surface area contributed by atoms with Gasteiger partial charge < -0.3 is 20.4 Å². The van der Waals surface area contributed by atoms with Crippen molar-refractivity contribution in [2.75, 3.05) is 42.9 Å². The first-order valence-electron chi connectivity index (χ1n) is 9.88. The number of nitrogens with zero attached hydrogens (tertiary/aromatic N) is 2. The molecule has 1 aliphatic rings. The van der Waals surface area contributed by atoms with E-state index in [9.17, 15) is 9.59 Å². The van der Waals surface area contributed by atoms with E-state index in [2.05, 4.69) is 27.4 Å². The van der Waals surface area contributed by atoms with Gasteiger partial charge in [-0.2, -0.15) is 0 Å². The van der Waals surface area contributed by atoms with Gasteiger partial charge in [0.2, 0.25) is 5.91 Å². The molecule has 0 atom stereocenters. The molecule has 2 N–H and O–H groups in total. The van der Waals surface area contributed by atoms with Crippen LogP contribution in [-0.2, 0) is 11.3 Å². The van der Waals surface area contributed by atoms with E-state index in [-0.39, 0.29) is 11.8 Å². The molecule has 0 radical (unpaired) electrons. The summed E-state index contributed by atoms with van der Waals surface area (Å²) in [5.41, 5.74) is 3.20. The molecule has 1 heterocycles. The molecule has 7 heteroatoms. The van der Waals surface area contributed by atoms with E-state index in [1.807, 2.05) is 24.3 Å². The lowest BCUT2D eigenvalue weighted by Gasteiger charge is -2.36. The molecule has 2 aromatic rings. The van der Waals surface area contributed by atoms with Gasteiger partial charge in [-0.05, 0) is 42.4 Å². The lowest BCUT2D eigenvalue weighted by molar-refractivity contribution is -0.119. The van der Waals surface area contributed by atoms with Gasteiger partial charge in [-0.15, -0.1) is 0 Å². The van der Waals surface area contributed by atoms with Gasteiger partial charge in [0, 0.05) is 50.2 Å². The van der Waals surface area contributed by atoms with Crippen molar-refractivity contribution in [1.82, 2.24) is 10.2 Å². The zero-order chi connectivity index (χ0) is 20.8. The van der Waals surface area contributed by atoms with Crippen molar-refractivity contribution in [1.29, 1.82) is 0 Å². The fourth-order valence-electron chi connectivity index (χ4n) is 3.38. The number of anilines is 2. The number of halogens is 1. The maximum absolute atomic E-state index is 12.8. The number of hydrogen-bond donors (Lipinski definition) is 2. The highest BCUT2D eigenvalue weighted by Crippen LogP contribution is 2.30. The van der Waals surface area contributed by atoms with Crippen LogP contribution in [0.25, 0.3) is 0 Å². The number of benzene rings is 2. The Labute approximate surface area is 176 Å². The van der Waals surface area contributed by atoms with Gasteiger partial charge in [0.05, 0.1) is 11.4 Å². The fraction of sp³-hybridized carbons (Fsp3) is 0.364. The molecule has 0 spiro atoms. The van der Waals surface area contributed by atoms with Crippen LogP contribution in [0.3, 0.4) is 0 Å². The van der Waals surface area contributed by atoms with Crippen LogP contribution in [0.15, 0.2) is 42.5 Å². The highest BCUT2D eigenvalue weighted by atomic mass is 35.5. The predicted octanol–water partition coefficient (Wildman–Crippen LogP) is 3.37. The van der Waals surface area contributed by atoms with Gasteiger partial charge in [-0.3, -0.25) is 9.59 Å². The highest BCUT2D eigenvalue weighted by molar-refractivity contribution is 6.31. The first-order chi connectivity index (χ1) is 14.0. The molecule has 29 heavy (non-hydrogen) atoms. The van der Waals surface area contributed by atoms with Gasteiger partial charge in [0.15, 0.2) is 0 Å². The average Bonchev–Trinajstić information content (AvgIpc) is 2.73. The lowest BCUT2D eigenvalue weighted by atomic mass is 10.1. The van der Waals surface area contributed by atoms with Crippen molar-refractivity contribution in [3.8, 4) is 0 Å². The smallest absolute Gasteiger partial charge is 0.255 e. The van der Waals surface area contributed by atoms with E-state index in [0.29, 0.717) is 17.1 Å². The minimum absolute atomic E-state index is 0.0833. The van der Waals surface area contributed by atoms with Crippen LogP contribution in [0.5, 0.6) is 0 Å². The van der Waals surface area contributed by atoms with Crippen molar-refractivity contribution >= 4 is 34.8 Å². The van der Waals surface area contributed by atoms with Crippen LogP contribution >= 0.6 is 11.6 Å². The van der Waals surface area contributed by atoms with Crippen molar-refractivity contribution < 1.29 is 9.59 Å². The molecule has 2 aromatic carbocycles. The molecule has 2 amide bonds. The van der Waals surface area contributed by atoms with Crippen molar-refractivity contribution in [2.24, 2.45) is 0 Å². The Morgan fingerprint density at radius 2 is 1.72 bits per heavy atom. The van der Waals surface area contributed by atoms with Crippen LogP contribution in [0.4, 0.5) is 11.4 Å². The van der Waals surface area contributed by atoms with E-state index in [1.54, 1.807) is 18.2 Å². The zero-order valence-corrected chi connectivity index (χ0v) is 17.6. The summed E-state index contributed by atoms with van der Waals surface area (Å²) in [7, 11) is 0. The zero-order valence-electron chi connectivity index (χ0n) is 16.9. The number of piperazine rings is 1. The predicted molar refractivity (Wildman–Crippen MR) is 118 cm³/mol.